The molecule has 1 aromatic heterocycles. The average molecular weight is 368 g/mol. The molecule has 0 spiro atoms. The van der Waals surface area contributed by atoms with Crippen LogP contribution in [0.25, 0.3) is 0 Å². The van der Waals surface area contributed by atoms with E-state index in [4.69, 9.17) is 4.74 Å². The van der Waals surface area contributed by atoms with Crippen LogP contribution in [0.2, 0.25) is 0 Å². The van der Waals surface area contributed by atoms with Gasteiger partial charge in [0.1, 0.15) is 0 Å². The minimum absolute atomic E-state index is 0.0417. The van der Waals surface area contributed by atoms with Crippen molar-refractivity contribution in [3.05, 3.63) is 59.4 Å². The lowest BCUT2D eigenvalue weighted by molar-refractivity contribution is -0.115. The number of pyridine rings is 1. The number of anilines is 1. The fraction of sp³-hybridized carbons (Fsp3) is 0.429. The number of ether oxygens (including phenoxy) is 1. The zero-order valence-corrected chi connectivity index (χ0v) is 16.1. The Balaban J connectivity index is 1.55. The lowest BCUT2D eigenvalue weighted by Gasteiger charge is -2.34. The summed E-state index contributed by atoms with van der Waals surface area (Å²) in [6.45, 7) is 8.25. The fourth-order valence-electron chi connectivity index (χ4n) is 3.23. The monoisotopic (exact) mass is 368 g/mol. The lowest BCUT2D eigenvalue weighted by atomic mass is 10.1. The predicted molar refractivity (Wildman–Crippen MR) is 107 cm³/mol. The van der Waals surface area contributed by atoms with Crippen LogP contribution in [0.1, 0.15) is 22.9 Å². The minimum atomic E-state index is -0.0417. The number of aromatic nitrogens is 1. The molecule has 1 aromatic carbocycles. The molecule has 2 aromatic rings. The number of hydrogen-bond donors (Lipinski definition) is 2. The van der Waals surface area contributed by atoms with E-state index in [0.717, 1.165) is 37.7 Å². The van der Waals surface area contributed by atoms with Gasteiger partial charge >= 0.3 is 0 Å². The Morgan fingerprint density at radius 1 is 1.19 bits per heavy atom. The SMILES string of the molecule is Cc1ccc(NC(=O)CNCC(c2ccccn2)N2CCOCC2)cc1C. The van der Waals surface area contributed by atoms with Crippen molar-refractivity contribution in [1.29, 1.82) is 0 Å². The van der Waals surface area contributed by atoms with Crippen LogP contribution in [0, 0.1) is 13.8 Å². The molecule has 1 aliphatic heterocycles. The topological polar surface area (TPSA) is 66.5 Å². The van der Waals surface area contributed by atoms with Crippen molar-refractivity contribution in [3.63, 3.8) is 0 Å². The van der Waals surface area contributed by atoms with Gasteiger partial charge < -0.3 is 15.4 Å². The molecule has 0 aliphatic carbocycles. The molecule has 6 heteroatoms. The number of rotatable bonds is 7. The summed E-state index contributed by atoms with van der Waals surface area (Å²) in [7, 11) is 0. The van der Waals surface area contributed by atoms with Crippen LogP contribution in [0.5, 0.6) is 0 Å². The van der Waals surface area contributed by atoms with Crippen molar-refractivity contribution in [3.8, 4) is 0 Å². The summed E-state index contributed by atoms with van der Waals surface area (Å²) in [6.07, 6.45) is 1.81. The van der Waals surface area contributed by atoms with E-state index < -0.39 is 0 Å². The molecular formula is C21H28N4O2. The smallest absolute Gasteiger partial charge is 0.238 e. The van der Waals surface area contributed by atoms with Crippen molar-refractivity contribution < 1.29 is 9.53 Å². The van der Waals surface area contributed by atoms with Gasteiger partial charge in [-0.15, -0.1) is 0 Å². The number of amides is 1. The van der Waals surface area contributed by atoms with Crippen LogP contribution >= 0.6 is 0 Å². The van der Waals surface area contributed by atoms with E-state index in [0.29, 0.717) is 6.54 Å². The quantitative estimate of drug-likeness (QED) is 0.785. The van der Waals surface area contributed by atoms with E-state index in [9.17, 15) is 4.79 Å². The summed E-state index contributed by atoms with van der Waals surface area (Å²) < 4.78 is 5.47. The normalized spacial score (nSPS) is 16.1. The Bertz CT molecular complexity index is 745. The first-order chi connectivity index (χ1) is 13.1. The van der Waals surface area contributed by atoms with Gasteiger partial charge in [0.15, 0.2) is 0 Å². The van der Waals surface area contributed by atoms with E-state index in [1.165, 1.54) is 11.1 Å². The zero-order chi connectivity index (χ0) is 19.1. The summed E-state index contributed by atoms with van der Waals surface area (Å²) in [5.74, 6) is -0.0417. The standard InChI is InChI=1S/C21H28N4O2/c1-16-6-7-18(13-17(16)2)24-21(26)15-22-14-20(19-5-3-4-8-23-19)25-9-11-27-12-10-25/h3-8,13,20,22H,9-12,14-15H2,1-2H3,(H,24,26). The molecular weight excluding hydrogens is 340 g/mol. The summed E-state index contributed by atoms with van der Waals surface area (Å²) >= 11 is 0. The van der Waals surface area contributed by atoms with Gasteiger partial charge in [0.05, 0.1) is 31.5 Å². The number of carbonyl (C=O) groups is 1. The van der Waals surface area contributed by atoms with Crippen molar-refractivity contribution in [2.24, 2.45) is 0 Å². The third-order valence-electron chi connectivity index (χ3n) is 4.93. The number of carbonyl (C=O) groups excluding carboxylic acids is 1. The highest BCUT2D eigenvalue weighted by Gasteiger charge is 2.23. The maximum absolute atomic E-state index is 12.3. The Labute approximate surface area is 160 Å². The van der Waals surface area contributed by atoms with Gasteiger partial charge in [0.25, 0.3) is 0 Å². The number of nitrogens with one attached hydrogen (secondary N) is 2. The number of aryl methyl sites for hydroxylation is 2. The summed E-state index contributed by atoms with van der Waals surface area (Å²) in [5, 5.41) is 6.25. The first-order valence-electron chi connectivity index (χ1n) is 9.44. The molecule has 1 unspecified atom stereocenters. The van der Waals surface area contributed by atoms with Crippen LogP contribution in [-0.4, -0.2) is 55.2 Å². The third-order valence-corrected chi connectivity index (χ3v) is 4.93. The molecule has 1 amide bonds. The highest BCUT2D eigenvalue weighted by Crippen LogP contribution is 2.19. The number of morpholine rings is 1. The number of nitrogens with zero attached hydrogens (tertiary/aromatic N) is 2. The number of hydrogen-bond acceptors (Lipinski definition) is 5. The molecule has 1 atom stereocenters. The molecule has 27 heavy (non-hydrogen) atoms. The van der Waals surface area contributed by atoms with E-state index in [1.54, 1.807) is 0 Å². The molecule has 1 fully saturated rings. The molecule has 0 radical (unpaired) electrons. The largest absolute Gasteiger partial charge is 0.379 e. The second kappa shape index (κ2) is 9.60. The Morgan fingerprint density at radius 3 is 2.70 bits per heavy atom. The van der Waals surface area contributed by atoms with Gasteiger partial charge in [-0.1, -0.05) is 12.1 Å². The van der Waals surface area contributed by atoms with Gasteiger partial charge in [-0.3, -0.25) is 14.7 Å². The Morgan fingerprint density at radius 2 is 2.00 bits per heavy atom. The van der Waals surface area contributed by atoms with Gasteiger partial charge in [0, 0.05) is 31.5 Å². The van der Waals surface area contributed by atoms with Crippen molar-refractivity contribution in [2.75, 3.05) is 44.7 Å². The molecule has 144 valence electrons. The Hall–Kier alpha value is -2.28. The molecule has 1 aliphatic rings. The van der Waals surface area contributed by atoms with Crippen LogP contribution < -0.4 is 10.6 Å². The van der Waals surface area contributed by atoms with Crippen LogP contribution in [0.15, 0.2) is 42.6 Å². The van der Waals surface area contributed by atoms with Crippen molar-refractivity contribution >= 4 is 11.6 Å². The van der Waals surface area contributed by atoms with Gasteiger partial charge in [-0.2, -0.15) is 0 Å². The Kier molecular flexibility index (Phi) is 6.92. The highest BCUT2D eigenvalue weighted by molar-refractivity contribution is 5.92. The first-order valence-corrected chi connectivity index (χ1v) is 9.44. The maximum Gasteiger partial charge on any atom is 0.238 e. The van der Waals surface area contributed by atoms with Gasteiger partial charge in [-0.25, -0.2) is 0 Å². The van der Waals surface area contributed by atoms with Crippen molar-refractivity contribution in [1.82, 2.24) is 15.2 Å². The van der Waals surface area contributed by atoms with E-state index in [1.807, 2.05) is 49.5 Å². The maximum atomic E-state index is 12.3. The molecule has 3 rings (SSSR count). The number of benzene rings is 1. The average Bonchev–Trinajstić information content (AvgIpc) is 2.69. The van der Waals surface area contributed by atoms with Crippen LogP contribution in [0.4, 0.5) is 5.69 Å². The highest BCUT2D eigenvalue weighted by atomic mass is 16.5. The lowest BCUT2D eigenvalue weighted by Crippen LogP contribution is -2.44. The second-order valence-corrected chi connectivity index (χ2v) is 6.90. The van der Waals surface area contributed by atoms with Crippen LogP contribution in [0.3, 0.4) is 0 Å². The zero-order valence-electron chi connectivity index (χ0n) is 16.1. The molecule has 2 heterocycles. The van der Waals surface area contributed by atoms with Crippen LogP contribution in [-0.2, 0) is 9.53 Å². The summed E-state index contributed by atoms with van der Waals surface area (Å²) in [6, 6.07) is 12.0. The molecule has 1 saturated heterocycles. The summed E-state index contributed by atoms with van der Waals surface area (Å²) in [5.41, 5.74) is 4.24. The van der Waals surface area contributed by atoms with E-state index in [-0.39, 0.29) is 18.5 Å². The summed E-state index contributed by atoms with van der Waals surface area (Å²) in [4.78, 5) is 19.2. The predicted octanol–water partition coefficient (Wildman–Crippen LogP) is 2.30. The van der Waals surface area contributed by atoms with E-state index >= 15 is 0 Å². The molecule has 6 nitrogen and oxygen atoms in total. The molecule has 0 bridgehead atoms. The van der Waals surface area contributed by atoms with Gasteiger partial charge in [0.2, 0.25) is 5.91 Å². The van der Waals surface area contributed by atoms with Crippen molar-refractivity contribution in [2.45, 2.75) is 19.9 Å². The first kappa shape index (κ1) is 19.5. The minimum Gasteiger partial charge on any atom is -0.379 e. The molecule has 0 saturated carbocycles. The molecule has 2 N–H and O–H groups in total. The third kappa shape index (κ3) is 5.60. The fourth-order valence-corrected chi connectivity index (χ4v) is 3.23. The second-order valence-electron chi connectivity index (χ2n) is 6.90. The van der Waals surface area contributed by atoms with Gasteiger partial charge in [-0.05, 0) is 49.2 Å². The van der Waals surface area contributed by atoms with E-state index in [2.05, 4.69) is 27.4 Å².